The van der Waals surface area contributed by atoms with Crippen molar-refractivity contribution in [3.63, 3.8) is 0 Å². The summed E-state index contributed by atoms with van der Waals surface area (Å²) in [4.78, 5) is 28.8. The van der Waals surface area contributed by atoms with Crippen LogP contribution in [0.25, 0.3) is 0 Å². The topological polar surface area (TPSA) is 77.5 Å². The molecule has 1 aromatic heterocycles. The third kappa shape index (κ3) is 5.40. The molecule has 0 aliphatic rings. The first-order valence-corrected chi connectivity index (χ1v) is 9.56. The highest BCUT2D eigenvalue weighted by molar-refractivity contribution is 7.09. The van der Waals surface area contributed by atoms with Gasteiger partial charge in [-0.25, -0.2) is 9.78 Å². The molecule has 2 aromatic carbocycles. The molecule has 0 atom stereocenters. The number of aromatic nitrogens is 1. The minimum Gasteiger partial charge on any atom is -0.486 e. The summed E-state index contributed by atoms with van der Waals surface area (Å²) in [5.74, 6) is -0.642. The minimum atomic E-state index is -0.621. The van der Waals surface area contributed by atoms with Crippen molar-refractivity contribution in [1.82, 2.24) is 4.98 Å². The molecule has 0 spiro atoms. The third-order valence-corrected chi connectivity index (χ3v) is 4.61. The van der Waals surface area contributed by atoms with Gasteiger partial charge < -0.3 is 14.8 Å². The summed E-state index contributed by atoms with van der Waals surface area (Å²) in [6, 6.07) is 14.1. The summed E-state index contributed by atoms with van der Waals surface area (Å²) < 4.78 is 10.9. The van der Waals surface area contributed by atoms with Gasteiger partial charge in [-0.15, -0.1) is 11.3 Å². The van der Waals surface area contributed by atoms with E-state index in [-0.39, 0.29) is 18.8 Å². The Kier molecular flexibility index (Phi) is 6.39. The third-order valence-electron chi connectivity index (χ3n) is 3.79. The van der Waals surface area contributed by atoms with E-state index in [2.05, 4.69) is 10.3 Å². The number of rotatable bonds is 7. The van der Waals surface area contributed by atoms with Gasteiger partial charge in [-0.05, 0) is 43.7 Å². The zero-order valence-corrected chi connectivity index (χ0v) is 16.4. The number of carbonyl (C=O) groups excluding carboxylic acids is 2. The fraction of sp³-hybridized carbons (Fsp3) is 0.190. The molecule has 6 nitrogen and oxygen atoms in total. The van der Waals surface area contributed by atoms with E-state index < -0.39 is 11.9 Å². The Hall–Kier alpha value is -3.19. The summed E-state index contributed by atoms with van der Waals surface area (Å²) in [6.45, 7) is 3.72. The lowest BCUT2D eigenvalue weighted by Crippen LogP contribution is -2.21. The lowest BCUT2D eigenvalue weighted by Gasteiger charge is -2.11. The van der Waals surface area contributed by atoms with Crippen LogP contribution in [0.2, 0.25) is 0 Å². The molecule has 0 bridgehead atoms. The van der Waals surface area contributed by atoms with Crippen LogP contribution >= 0.6 is 11.3 Å². The zero-order valence-electron chi connectivity index (χ0n) is 15.6. The van der Waals surface area contributed by atoms with Crippen LogP contribution in [0.15, 0.2) is 53.9 Å². The molecule has 0 aliphatic carbocycles. The predicted molar refractivity (Wildman–Crippen MR) is 108 cm³/mol. The molecule has 0 saturated carbocycles. The van der Waals surface area contributed by atoms with Gasteiger partial charge in [-0.2, -0.15) is 0 Å². The average molecular weight is 396 g/mol. The summed E-state index contributed by atoms with van der Waals surface area (Å²) in [7, 11) is 0. The first-order valence-electron chi connectivity index (χ1n) is 8.68. The molecule has 0 fully saturated rings. The molecule has 1 amide bonds. The molecule has 0 aliphatic heterocycles. The number of aryl methyl sites for hydroxylation is 2. The fourth-order valence-electron chi connectivity index (χ4n) is 2.52. The molecule has 0 saturated heterocycles. The quantitative estimate of drug-likeness (QED) is 0.608. The van der Waals surface area contributed by atoms with E-state index in [4.69, 9.17) is 9.47 Å². The molecule has 28 heavy (non-hydrogen) atoms. The molecule has 7 heteroatoms. The highest BCUT2D eigenvalue weighted by atomic mass is 32.1. The summed E-state index contributed by atoms with van der Waals surface area (Å²) in [6.07, 6.45) is 0. The van der Waals surface area contributed by atoms with Crippen molar-refractivity contribution in [3.05, 3.63) is 75.7 Å². The number of hydrogen-bond acceptors (Lipinski definition) is 6. The number of ether oxygens (including phenoxy) is 2. The normalized spacial score (nSPS) is 10.4. The number of carbonyl (C=O) groups is 2. The monoisotopic (exact) mass is 396 g/mol. The Morgan fingerprint density at radius 3 is 2.68 bits per heavy atom. The van der Waals surface area contributed by atoms with E-state index in [1.165, 1.54) is 11.3 Å². The first kappa shape index (κ1) is 19.6. The molecule has 0 radical (unpaired) electrons. The minimum absolute atomic E-state index is 0.252. The number of nitrogens with zero attached hydrogens (tertiary/aromatic N) is 1. The molecule has 3 aromatic rings. The summed E-state index contributed by atoms with van der Waals surface area (Å²) >= 11 is 1.54. The van der Waals surface area contributed by atoms with Crippen molar-refractivity contribution in [2.24, 2.45) is 0 Å². The summed E-state index contributed by atoms with van der Waals surface area (Å²) in [5.41, 5.74) is 2.74. The van der Waals surface area contributed by atoms with Crippen LogP contribution in [-0.2, 0) is 16.1 Å². The Bertz CT molecular complexity index is 984. The van der Waals surface area contributed by atoms with Gasteiger partial charge in [0.05, 0.1) is 10.7 Å². The number of anilines is 1. The second-order valence-corrected chi connectivity index (χ2v) is 7.20. The number of para-hydroxylation sites is 1. The van der Waals surface area contributed by atoms with Crippen LogP contribution in [0.3, 0.4) is 0 Å². The lowest BCUT2D eigenvalue weighted by atomic mass is 10.2. The van der Waals surface area contributed by atoms with Crippen LogP contribution in [0.4, 0.5) is 5.69 Å². The second kappa shape index (κ2) is 9.14. The molecule has 1 heterocycles. The number of thiazole rings is 1. The number of nitrogens with one attached hydrogen (secondary N) is 1. The zero-order chi connectivity index (χ0) is 19.9. The predicted octanol–water partition coefficient (Wildman–Crippen LogP) is 4.13. The lowest BCUT2D eigenvalue weighted by molar-refractivity contribution is -0.119. The molecule has 1 N–H and O–H groups in total. The maximum Gasteiger partial charge on any atom is 0.342 e. The number of amides is 1. The van der Waals surface area contributed by atoms with Crippen LogP contribution in [0, 0.1) is 13.8 Å². The molecular formula is C21H20N2O4S. The highest BCUT2D eigenvalue weighted by Gasteiger charge is 2.16. The van der Waals surface area contributed by atoms with Crippen LogP contribution in [0.1, 0.15) is 26.6 Å². The van der Waals surface area contributed by atoms with E-state index in [1.54, 1.807) is 30.3 Å². The number of benzene rings is 2. The Balaban J connectivity index is 1.57. The Labute approximate surface area is 167 Å². The van der Waals surface area contributed by atoms with Gasteiger partial charge >= 0.3 is 5.97 Å². The van der Waals surface area contributed by atoms with E-state index in [0.717, 1.165) is 16.3 Å². The van der Waals surface area contributed by atoms with Gasteiger partial charge in [0, 0.05) is 11.1 Å². The van der Waals surface area contributed by atoms with Crippen LogP contribution in [-0.4, -0.2) is 23.5 Å². The van der Waals surface area contributed by atoms with Gasteiger partial charge in [0.2, 0.25) is 0 Å². The standard InChI is InChI=1S/C21H20N2O4S/c1-14-6-5-7-16(10-14)23-20(24)12-27-21(25)18-8-3-4-9-19(18)26-11-17-13-28-15(2)22-17/h3-10,13H,11-12H2,1-2H3,(H,23,24). The van der Waals surface area contributed by atoms with Crippen molar-refractivity contribution >= 4 is 28.9 Å². The molecule has 0 unspecified atom stereocenters. The SMILES string of the molecule is Cc1cccc(NC(=O)COC(=O)c2ccccc2OCc2csc(C)n2)c1. The van der Waals surface area contributed by atoms with Crippen molar-refractivity contribution in [2.75, 3.05) is 11.9 Å². The maximum absolute atomic E-state index is 12.4. The van der Waals surface area contributed by atoms with Crippen molar-refractivity contribution in [3.8, 4) is 5.75 Å². The molecular weight excluding hydrogens is 376 g/mol. The highest BCUT2D eigenvalue weighted by Crippen LogP contribution is 2.21. The number of hydrogen-bond donors (Lipinski definition) is 1. The second-order valence-electron chi connectivity index (χ2n) is 6.14. The van der Waals surface area contributed by atoms with Crippen LogP contribution in [0.5, 0.6) is 5.75 Å². The van der Waals surface area contributed by atoms with Gasteiger partial charge in [0.25, 0.3) is 5.91 Å². The van der Waals surface area contributed by atoms with Crippen molar-refractivity contribution in [1.29, 1.82) is 0 Å². The van der Waals surface area contributed by atoms with E-state index >= 15 is 0 Å². The summed E-state index contributed by atoms with van der Waals surface area (Å²) in [5, 5.41) is 5.56. The number of esters is 1. The molecule has 144 valence electrons. The van der Waals surface area contributed by atoms with Gasteiger partial charge in [0.15, 0.2) is 6.61 Å². The van der Waals surface area contributed by atoms with E-state index in [1.807, 2.05) is 37.4 Å². The smallest absolute Gasteiger partial charge is 0.342 e. The average Bonchev–Trinajstić information content (AvgIpc) is 3.10. The fourth-order valence-corrected chi connectivity index (χ4v) is 3.11. The first-order chi connectivity index (χ1) is 13.5. The van der Waals surface area contributed by atoms with E-state index in [0.29, 0.717) is 11.4 Å². The molecule has 3 rings (SSSR count). The van der Waals surface area contributed by atoms with Gasteiger partial charge in [-0.1, -0.05) is 24.3 Å². The Morgan fingerprint density at radius 2 is 1.93 bits per heavy atom. The largest absolute Gasteiger partial charge is 0.486 e. The van der Waals surface area contributed by atoms with Crippen LogP contribution < -0.4 is 10.1 Å². The van der Waals surface area contributed by atoms with Crippen molar-refractivity contribution in [2.45, 2.75) is 20.5 Å². The maximum atomic E-state index is 12.4. The van der Waals surface area contributed by atoms with E-state index in [9.17, 15) is 9.59 Å². The van der Waals surface area contributed by atoms with Gasteiger partial charge in [-0.3, -0.25) is 4.79 Å². The van der Waals surface area contributed by atoms with Crippen molar-refractivity contribution < 1.29 is 19.1 Å². The Morgan fingerprint density at radius 1 is 1.11 bits per heavy atom. The van der Waals surface area contributed by atoms with Gasteiger partial charge in [0.1, 0.15) is 17.9 Å².